The van der Waals surface area contributed by atoms with Crippen molar-refractivity contribution in [2.75, 3.05) is 0 Å². The molecule has 0 spiro atoms. The molecule has 0 bridgehead atoms. The number of nitrogens with zero attached hydrogens (tertiary/aromatic N) is 1. The van der Waals surface area contributed by atoms with Gasteiger partial charge in [-0.15, -0.1) is 0 Å². The summed E-state index contributed by atoms with van der Waals surface area (Å²) in [5, 5.41) is 0. The minimum Gasteiger partial charge on any atom is -0.344 e. The second-order valence-corrected chi connectivity index (χ2v) is 5.76. The predicted octanol–water partition coefficient (Wildman–Crippen LogP) is 3.57. The van der Waals surface area contributed by atoms with Crippen LogP contribution in [0.4, 0.5) is 0 Å². The fourth-order valence-corrected chi connectivity index (χ4v) is 3.04. The number of benzene rings is 1. The average Bonchev–Trinajstić information content (AvgIpc) is 2.78. The van der Waals surface area contributed by atoms with Crippen LogP contribution in [0.3, 0.4) is 0 Å². The summed E-state index contributed by atoms with van der Waals surface area (Å²) in [4.78, 5) is 23.3. The summed E-state index contributed by atoms with van der Waals surface area (Å²) in [7, 11) is 0. The van der Waals surface area contributed by atoms with Crippen molar-refractivity contribution in [3.05, 3.63) is 58.4 Å². The van der Waals surface area contributed by atoms with E-state index >= 15 is 0 Å². The number of aryl methyl sites for hydroxylation is 1. The van der Waals surface area contributed by atoms with E-state index in [1.807, 2.05) is 30.3 Å². The van der Waals surface area contributed by atoms with E-state index < -0.39 is 0 Å². The number of hydrogen-bond acceptors (Lipinski definition) is 2. The van der Waals surface area contributed by atoms with Crippen LogP contribution in [0.25, 0.3) is 0 Å². The molecule has 0 N–H and O–H groups in total. The van der Waals surface area contributed by atoms with Gasteiger partial charge in [0, 0.05) is 35.5 Å². The van der Waals surface area contributed by atoms with Crippen LogP contribution in [-0.2, 0) is 13.0 Å². The molecular weight excluding hydrogens is 262 g/mol. The molecule has 1 aromatic heterocycles. The summed E-state index contributed by atoms with van der Waals surface area (Å²) in [5.74, 6) is 0.353. The molecule has 0 saturated carbocycles. The zero-order valence-electron chi connectivity index (χ0n) is 12.5. The van der Waals surface area contributed by atoms with Crippen LogP contribution < -0.4 is 0 Å². The number of fused-ring (bicyclic) bond motifs is 1. The third-order valence-electron chi connectivity index (χ3n) is 4.23. The molecule has 2 aromatic rings. The van der Waals surface area contributed by atoms with Gasteiger partial charge in [0.25, 0.3) is 0 Å². The van der Waals surface area contributed by atoms with Gasteiger partial charge in [0.05, 0.1) is 0 Å². The van der Waals surface area contributed by atoms with Crippen molar-refractivity contribution >= 4 is 11.6 Å². The fourth-order valence-electron chi connectivity index (χ4n) is 3.04. The Balaban J connectivity index is 1.91. The molecule has 0 saturated heterocycles. The molecule has 108 valence electrons. The lowest BCUT2D eigenvalue weighted by Gasteiger charge is -2.16. The maximum Gasteiger partial charge on any atom is 0.164 e. The highest BCUT2D eigenvalue weighted by atomic mass is 16.1. The first-order chi connectivity index (χ1) is 10.1. The summed E-state index contributed by atoms with van der Waals surface area (Å²) in [6, 6.07) is 9.74. The molecule has 0 radical (unpaired) electrons. The molecule has 0 aliphatic heterocycles. The fraction of sp³-hybridized carbons (Fsp3) is 0.333. The van der Waals surface area contributed by atoms with E-state index in [-0.39, 0.29) is 11.6 Å². The summed E-state index contributed by atoms with van der Waals surface area (Å²) in [6.45, 7) is 4.38. The first-order valence-corrected chi connectivity index (χ1v) is 7.38. The maximum absolute atomic E-state index is 12.0. The van der Waals surface area contributed by atoms with Gasteiger partial charge in [-0.2, -0.15) is 0 Å². The minimum absolute atomic E-state index is 0.0849. The molecule has 3 nitrogen and oxygen atoms in total. The lowest BCUT2D eigenvalue weighted by atomic mass is 9.96. The molecule has 3 heteroatoms. The van der Waals surface area contributed by atoms with E-state index in [1.54, 1.807) is 6.92 Å². The Labute approximate surface area is 124 Å². The lowest BCUT2D eigenvalue weighted by Crippen LogP contribution is -2.14. The SMILES string of the molecule is CC(=O)c1ccc(Cn2c(C)cc3c2CCCC3=O)cc1. The van der Waals surface area contributed by atoms with Crippen LogP contribution >= 0.6 is 0 Å². The van der Waals surface area contributed by atoms with Crippen molar-refractivity contribution < 1.29 is 9.59 Å². The van der Waals surface area contributed by atoms with Gasteiger partial charge in [-0.05, 0) is 38.3 Å². The van der Waals surface area contributed by atoms with Gasteiger partial charge in [-0.25, -0.2) is 0 Å². The second kappa shape index (κ2) is 5.32. The predicted molar refractivity (Wildman–Crippen MR) is 82.0 cm³/mol. The number of rotatable bonds is 3. The first kappa shape index (κ1) is 13.8. The van der Waals surface area contributed by atoms with Gasteiger partial charge in [-0.3, -0.25) is 9.59 Å². The number of carbonyl (C=O) groups excluding carboxylic acids is 2. The molecule has 0 amide bonds. The molecule has 1 aliphatic rings. The van der Waals surface area contributed by atoms with Crippen LogP contribution in [-0.4, -0.2) is 16.1 Å². The Morgan fingerprint density at radius 1 is 1.19 bits per heavy atom. The van der Waals surface area contributed by atoms with Gasteiger partial charge in [0.1, 0.15) is 0 Å². The van der Waals surface area contributed by atoms with Gasteiger partial charge >= 0.3 is 0 Å². The highest BCUT2D eigenvalue weighted by Crippen LogP contribution is 2.25. The zero-order valence-corrected chi connectivity index (χ0v) is 12.5. The zero-order chi connectivity index (χ0) is 15.0. The van der Waals surface area contributed by atoms with Gasteiger partial charge in [0.15, 0.2) is 11.6 Å². The molecule has 1 aliphatic carbocycles. The largest absolute Gasteiger partial charge is 0.344 e. The van der Waals surface area contributed by atoms with E-state index in [2.05, 4.69) is 11.5 Å². The Morgan fingerprint density at radius 3 is 2.57 bits per heavy atom. The topological polar surface area (TPSA) is 39.1 Å². The van der Waals surface area contributed by atoms with Crippen LogP contribution in [0.2, 0.25) is 0 Å². The molecule has 0 fully saturated rings. The lowest BCUT2D eigenvalue weighted by molar-refractivity contribution is 0.0970. The van der Waals surface area contributed by atoms with Crippen LogP contribution in [0.5, 0.6) is 0 Å². The van der Waals surface area contributed by atoms with Gasteiger partial charge < -0.3 is 4.57 Å². The summed E-state index contributed by atoms with van der Waals surface area (Å²) < 4.78 is 2.23. The van der Waals surface area contributed by atoms with E-state index in [0.29, 0.717) is 6.42 Å². The highest BCUT2D eigenvalue weighted by molar-refractivity contribution is 5.98. The first-order valence-electron chi connectivity index (χ1n) is 7.38. The molecule has 3 rings (SSSR count). The van der Waals surface area contributed by atoms with Crippen molar-refractivity contribution in [3.8, 4) is 0 Å². The highest BCUT2D eigenvalue weighted by Gasteiger charge is 2.22. The summed E-state index contributed by atoms with van der Waals surface area (Å²) in [5.41, 5.74) is 5.09. The van der Waals surface area contributed by atoms with E-state index in [1.165, 1.54) is 5.69 Å². The molecule has 1 aromatic carbocycles. The number of aromatic nitrogens is 1. The molecular formula is C18H19NO2. The average molecular weight is 281 g/mol. The van der Waals surface area contributed by atoms with Crippen LogP contribution in [0.1, 0.15) is 57.4 Å². The van der Waals surface area contributed by atoms with E-state index in [4.69, 9.17) is 0 Å². The van der Waals surface area contributed by atoms with E-state index in [0.717, 1.165) is 41.8 Å². The van der Waals surface area contributed by atoms with Crippen LogP contribution in [0.15, 0.2) is 30.3 Å². The molecule has 0 atom stereocenters. The number of hydrogen-bond donors (Lipinski definition) is 0. The molecule has 21 heavy (non-hydrogen) atoms. The number of Topliss-reactive ketones (excluding diaryl/α,β-unsaturated/α-hetero) is 2. The third kappa shape index (κ3) is 2.56. The smallest absolute Gasteiger partial charge is 0.164 e. The molecule has 0 unspecified atom stereocenters. The standard InChI is InChI=1S/C18H19NO2/c1-12-10-16-17(4-3-5-18(16)21)19(12)11-14-6-8-15(9-7-14)13(2)20/h6-10H,3-5,11H2,1-2H3. The van der Waals surface area contributed by atoms with Crippen molar-refractivity contribution in [1.82, 2.24) is 4.57 Å². The normalized spacial score (nSPS) is 14.1. The van der Waals surface area contributed by atoms with Crippen molar-refractivity contribution in [2.24, 2.45) is 0 Å². The second-order valence-electron chi connectivity index (χ2n) is 5.76. The summed E-state index contributed by atoms with van der Waals surface area (Å²) >= 11 is 0. The number of ketones is 2. The summed E-state index contributed by atoms with van der Waals surface area (Å²) in [6.07, 6.45) is 2.59. The van der Waals surface area contributed by atoms with Crippen molar-refractivity contribution in [3.63, 3.8) is 0 Å². The third-order valence-corrected chi connectivity index (χ3v) is 4.23. The minimum atomic E-state index is 0.0849. The van der Waals surface area contributed by atoms with Crippen LogP contribution in [0, 0.1) is 6.92 Å². The Kier molecular flexibility index (Phi) is 3.50. The molecule has 1 heterocycles. The Hall–Kier alpha value is -2.16. The Bertz CT molecular complexity index is 708. The van der Waals surface area contributed by atoms with Crippen molar-refractivity contribution in [1.29, 1.82) is 0 Å². The van der Waals surface area contributed by atoms with Crippen molar-refractivity contribution in [2.45, 2.75) is 39.7 Å². The van der Waals surface area contributed by atoms with E-state index in [9.17, 15) is 9.59 Å². The monoisotopic (exact) mass is 281 g/mol. The maximum atomic E-state index is 12.0. The number of carbonyl (C=O) groups is 2. The van der Waals surface area contributed by atoms with Gasteiger partial charge in [-0.1, -0.05) is 24.3 Å². The quantitative estimate of drug-likeness (QED) is 0.807. The Morgan fingerprint density at radius 2 is 1.90 bits per heavy atom. The van der Waals surface area contributed by atoms with Gasteiger partial charge in [0.2, 0.25) is 0 Å².